The van der Waals surface area contributed by atoms with E-state index in [2.05, 4.69) is 0 Å². The lowest BCUT2D eigenvalue weighted by atomic mass is 10.1. The highest BCUT2D eigenvalue weighted by atomic mass is 16.4. The van der Waals surface area contributed by atoms with E-state index < -0.39 is 12.0 Å². The quantitative estimate of drug-likeness (QED) is 0.598. The van der Waals surface area contributed by atoms with Crippen LogP contribution in [-0.2, 0) is 9.59 Å². The Bertz CT molecular complexity index is 156. The summed E-state index contributed by atoms with van der Waals surface area (Å²) in [6.07, 6.45) is 0.460. The molecule has 0 aromatic rings. The summed E-state index contributed by atoms with van der Waals surface area (Å²) < 4.78 is 0. The predicted octanol–water partition coefficient (Wildman–Crippen LogP) is 0.158. The zero-order valence-corrected chi connectivity index (χ0v) is 6.54. The van der Waals surface area contributed by atoms with Gasteiger partial charge in [0.15, 0.2) is 0 Å². The zero-order valence-electron chi connectivity index (χ0n) is 6.54. The standard InChI is InChI=1S/C7H13NO3/c1-2-6(9)3-5(8)4-7(10)11/h5H,2-4,8H2,1H3,(H,10,11). The number of ketones is 1. The van der Waals surface area contributed by atoms with Crippen molar-refractivity contribution in [1.29, 1.82) is 0 Å². The Morgan fingerprint density at radius 3 is 2.36 bits per heavy atom. The summed E-state index contributed by atoms with van der Waals surface area (Å²) in [7, 11) is 0. The number of hydrogen-bond acceptors (Lipinski definition) is 3. The average Bonchev–Trinajstić information content (AvgIpc) is 1.85. The number of carbonyl (C=O) groups is 2. The average molecular weight is 159 g/mol. The number of carboxylic acids is 1. The van der Waals surface area contributed by atoms with Gasteiger partial charge in [-0.3, -0.25) is 9.59 Å². The van der Waals surface area contributed by atoms with E-state index in [9.17, 15) is 9.59 Å². The molecule has 1 unspecified atom stereocenters. The monoisotopic (exact) mass is 159 g/mol. The molecular weight excluding hydrogens is 146 g/mol. The Balaban J connectivity index is 3.60. The molecule has 0 aliphatic carbocycles. The van der Waals surface area contributed by atoms with Crippen LogP contribution in [0.4, 0.5) is 0 Å². The summed E-state index contributed by atoms with van der Waals surface area (Å²) in [6, 6.07) is -0.528. The molecule has 0 bridgehead atoms. The SMILES string of the molecule is CCC(=O)CC(N)CC(=O)O. The molecule has 0 saturated carbocycles. The van der Waals surface area contributed by atoms with Crippen molar-refractivity contribution in [3.05, 3.63) is 0 Å². The van der Waals surface area contributed by atoms with Crippen molar-refractivity contribution >= 4 is 11.8 Å². The first-order valence-corrected chi connectivity index (χ1v) is 3.55. The van der Waals surface area contributed by atoms with E-state index in [0.29, 0.717) is 6.42 Å². The van der Waals surface area contributed by atoms with Gasteiger partial charge in [-0.25, -0.2) is 0 Å². The molecule has 3 N–H and O–H groups in total. The van der Waals surface area contributed by atoms with Gasteiger partial charge in [0, 0.05) is 18.9 Å². The van der Waals surface area contributed by atoms with Crippen LogP contribution in [0.25, 0.3) is 0 Å². The van der Waals surface area contributed by atoms with Gasteiger partial charge in [-0.15, -0.1) is 0 Å². The maximum absolute atomic E-state index is 10.7. The molecule has 0 saturated heterocycles. The van der Waals surface area contributed by atoms with E-state index in [1.807, 2.05) is 0 Å². The van der Waals surface area contributed by atoms with Crippen LogP contribution in [0.5, 0.6) is 0 Å². The van der Waals surface area contributed by atoms with E-state index in [1.165, 1.54) is 0 Å². The van der Waals surface area contributed by atoms with Gasteiger partial charge in [0.2, 0.25) is 0 Å². The first-order chi connectivity index (χ1) is 5.06. The molecule has 0 radical (unpaired) electrons. The number of hydrogen-bond donors (Lipinski definition) is 2. The zero-order chi connectivity index (χ0) is 8.85. The van der Waals surface area contributed by atoms with E-state index in [-0.39, 0.29) is 18.6 Å². The Morgan fingerprint density at radius 1 is 1.45 bits per heavy atom. The van der Waals surface area contributed by atoms with Crippen LogP contribution in [0.2, 0.25) is 0 Å². The van der Waals surface area contributed by atoms with Crippen molar-refractivity contribution in [2.75, 3.05) is 0 Å². The molecule has 11 heavy (non-hydrogen) atoms. The number of carbonyl (C=O) groups excluding carboxylic acids is 1. The molecule has 64 valence electrons. The molecule has 0 aliphatic rings. The van der Waals surface area contributed by atoms with E-state index in [0.717, 1.165) is 0 Å². The third-order valence-corrected chi connectivity index (χ3v) is 1.32. The molecule has 0 fully saturated rings. The Kier molecular flexibility index (Phi) is 4.45. The smallest absolute Gasteiger partial charge is 0.304 e. The number of carboxylic acid groups (broad SMARTS) is 1. The van der Waals surface area contributed by atoms with Crippen molar-refractivity contribution in [2.45, 2.75) is 32.2 Å². The van der Waals surface area contributed by atoms with Gasteiger partial charge in [-0.05, 0) is 0 Å². The summed E-state index contributed by atoms with van der Waals surface area (Å²) in [5.41, 5.74) is 5.35. The molecule has 1 atom stereocenters. The predicted molar refractivity (Wildman–Crippen MR) is 40.1 cm³/mol. The molecule has 0 amide bonds. The van der Waals surface area contributed by atoms with Crippen LogP contribution in [0.1, 0.15) is 26.2 Å². The van der Waals surface area contributed by atoms with Crippen molar-refractivity contribution < 1.29 is 14.7 Å². The van der Waals surface area contributed by atoms with Gasteiger partial charge in [0.1, 0.15) is 5.78 Å². The van der Waals surface area contributed by atoms with Crippen molar-refractivity contribution in [1.82, 2.24) is 0 Å². The molecule has 0 aromatic heterocycles. The van der Waals surface area contributed by atoms with Gasteiger partial charge < -0.3 is 10.8 Å². The fourth-order valence-corrected chi connectivity index (χ4v) is 0.733. The lowest BCUT2D eigenvalue weighted by molar-refractivity contribution is -0.137. The highest BCUT2D eigenvalue weighted by Crippen LogP contribution is 1.97. The number of nitrogens with two attached hydrogens (primary N) is 1. The fourth-order valence-electron chi connectivity index (χ4n) is 0.733. The number of aliphatic carboxylic acids is 1. The van der Waals surface area contributed by atoms with Crippen LogP contribution < -0.4 is 5.73 Å². The van der Waals surface area contributed by atoms with Gasteiger partial charge in [-0.2, -0.15) is 0 Å². The minimum absolute atomic E-state index is 0.0127. The van der Waals surface area contributed by atoms with Gasteiger partial charge in [-0.1, -0.05) is 6.92 Å². The van der Waals surface area contributed by atoms with Gasteiger partial charge >= 0.3 is 5.97 Å². The lowest BCUT2D eigenvalue weighted by Gasteiger charge is -2.05. The summed E-state index contributed by atoms with van der Waals surface area (Å²) in [5.74, 6) is -0.944. The molecular formula is C7H13NO3. The fraction of sp³-hybridized carbons (Fsp3) is 0.714. The van der Waals surface area contributed by atoms with Crippen LogP contribution in [0.3, 0.4) is 0 Å². The van der Waals surface area contributed by atoms with Gasteiger partial charge in [0.25, 0.3) is 0 Å². The van der Waals surface area contributed by atoms with Crippen molar-refractivity contribution in [3.63, 3.8) is 0 Å². The number of Topliss-reactive ketones (excluding diaryl/α,β-unsaturated/α-hetero) is 1. The first-order valence-electron chi connectivity index (χ1n) is 3.55. The maximum Gasteiger partial charge on any atom is 0.304 e. The second-order valence-corrected chi connectivity index (χ2v) is 2.45. The van der Waals surface area contributed by atoms with E-state index in [4.69, 9.17) is 10.8 Å². The number of rotatable bonds is 5. The maximum atomic E-state index is 10.7. The Labute approximate surface area is 65.4 Å². The molecule has 0 spiro atoms. The third kappa shape index (κ3) is 5.54. The minimum atomic E-state index is -0.957. The second-order valence-electron chi connectivity index (χ2n) is 2.45. The summed E-state index contributed by atoms with van der Waals surface area (Å²) in [5, 5.41) is 8.28. The van der Waals surface area contributed by atoms with Crippen molar-refractivity contribution in [2.24, 2.45) is 5.73 Å². The topological polar surface area (TPSA) is 80.4 Å². The van der Waals surface area contributed by atoms with E-state index >= 15 is 0 Å². The highest BCUT2D eigenvalue weighted by molar-refractivity contribution is 5.79. The summed E-state index contributed by atoms with van der Waals surface area (Å²) >= 11 is 0. The molecule has 0 aliphatic heterocycles. The normalized spacial score (nSPS) is 12.5. The van der Waals surface area contributed by atoms with E-state index in [1.54, 1.807) is 6.92 Å². The highest BCUT2D eigenvalue weighted by Gasteiger charge is 2.10. The molecule has 0 aromatic carbocycles. The first kappa shape index (κ1) is 10.1. The van der Waals surface area contributed by atoms with Crippen LogP contribution in [-0.4, -0.2) is 22.9 Å². The molecule has 4 heteroatoms. The molecule has 4 nitrogen and oxygen atoms in total. The summed E-state index contributed by atoms with van der Waals surface area (Å²) in [6.45, 7) is 1.73. The van der Waals surface area contributed by atoms with Crippen molar-refractivity contribution in [3.8, 4) is 0 Å². The van der Waals surface area contributed by atoms with Crippen LogP contribution >= 0.6 is 0 Å². The van der Waals surface area contributed by atoms with Crippen LogP contribution in [0.15, 0.2) is 0 Å². The van der Waals surface area contributed by atoms with Gasteiger partial charge in [0.05, 0.1) is 6.42 Å². The molecule has 0 rings (SSSR count). The second kappa shape index (κ2) is 4.85. The van der Waals surface area contributed by atoms with Crippen LogP contribution in [0, 0.1) is 0 Å². The minimum Gasteiger partial charge on any atom is -0.481 e. The largest absolute Gasteiger partial charge is 0.481 e. The summed E-state index contributed by atoms with van der Waals surface area (Å²) in [4.78, 5) is 20.8. The third-order valence-electron chi connectivity index (χ3n) is 1.32. The lowest BCUT2D eigenvalue weighted by Crippen LogP contribution is -2.26. The Hall–Kier alpha value is -0.900. The molecule has 0 heterocycles. The Morgan fingerprint density at radius 2 is 2.00 bits per heavy atom.